The number of benzene rings is 3. The maximum Gasteiger partial charge on any atom is 0.162 e. The summed E-state index contributed by atoms with van der Waals surface area (Å²) in [6.07, 6.45) is 4.87. The molecular formula is C28H31N3O2. The molecule has 0 aliphatic rings. The van der Waals surface area contributed by atoms with Crippen molar-refractivity contribution < 1.29 is 9.84 Å². The Labute approximate surface area is 195 Å². The minimum absolute atomic E-state index is 0.206. The van der Waals surface area contributed by atoms with Gasteiger partial charge in [-0.2, -0.15) is 0 Å². The number of nitrogens with one attached hydrogen (secondary N) is 2. The topological polar surface area (TPSA) is 66.4 Å². The van der Waals surface area contributed by atoms with Gasteiger partial charge in [-0.25, -0.2) is 0 Å². The summed E-state index contributed by atoms with van der Waals surface area (Å²) >= 11 is 0. The first-order chi connectivity index (χ1) is 16.2. The molecule has 5 nitrogen and oxygen atoms in total. The first-order valence-corrected chi connectivity index (χ1v) is 11.5. The zero-order chi connectivity index (χ0) is 22.9. The molecule has 1 aromatic heterocycles. The van der Waals surface area contributed by atoms with E-state index in [4.69, 9.17) is 4.74 Å². The number of anilines is 1. The number of para-hydroxylation sites is 1. The van der Waals surface area contributed by atoms with Gasteiger partial charge in [0.05, 0.1) is 12.6 Å². The van der Waals surface area contributed by atoms with Crippen molar-refractivity contribution in [3.63, 3.8) is 0 Å². The summed E-state index contributed by atoms with van der Waals surface area (Å²) in [6.45, 7) is 2.30. The van der Waals surface area contributed by atoms with E-state index < -0.39 is 0 Å². The standard InChI is InChI=1S/C28H31N3O2/c1-33-27-10-5-9-23(28(27)32)20-29-16-6-17-30-25-15-18-31-26-19-22(13-14-24(25)26)12-11-21-7-3-2-4-8-21/h2-5,7-10,13-15,18-19,29,32H,6,11-12,16-17,20H2,1H3,(H,30,31). The molecule has 3 aromatic carbocycles. The fourth-order valence-electron chi connectivity index (χ4n) is 3.97. The van der Waals surface area contributed by atoms with Crippen molar-refractivity contribution >= 4 is 16.6 Å². The monoisotopic (exact) mass is 441 g/mol. The van der Waals surface area contributed by atoms with Crippen LogP contribution in [-0.2, 0) is 19.4 Å². The van der Waals surface area contributed by atoms with E-state index in [0.717, 1.165) is 54.5 Å². The number of hydrogen-bond acceptors (Lipinski definition) is 5. The van der Waals surface area contributed by atoms with Crippen molar-refractivity contribution in [2.75, 3.05) is 25.5 Å². The molecule has 0 spiro atoms. The van der Waals surface area contributed by atoms with Crippen LogP contribution in [0.2, 0.25) is 0 Å². The molecule has 0 aliphatic carbocycles. The third-order valence-electron chi connectivity index (χ3n) is 5.82. The zero-order valence-electron chi connectivity index (χ0n) is 19.1. The Morgan fingerprint density at radius 1 is 0.879 bits per heavy atom. The van der Waals surface area contributed by atoms with Crippen molar-refractivity contribution in [2.45, 2.75) is 25.8 Å². The van der Waals surface area contributed by atoms with E-state index in [2.05, 4.69) is 64.1 Å². The maximum atomic E-state index is 10.2. The number of methoxy groups -OCH3 is 1. The fourth-order valence-corrected chi connectivity index (χ4v) is 3.97. The average molecular weight is 442 g/mol. The van der Waals surface area contributed by atoms with E-state index in [1.54, 1.807) is 13.2 Å². The number of ether oxygens (including phenoxy) is 1. The lowest BCUT2D eigenvalue weighted by Gasteiger charge is -2.12. The van der Waals surface area contributed by atoms with Gasteiger partial charge in [0, 0.05) is 35.9 Å². The summed E-state index contributed by atoms with van der Waals surface area (Å²) in [5, 5.41) is 18.2. The molecule has 3 N–H and O–H groups in total. The van der Waals surface area contributed by atoms with Gasteiger partial charge in [0.25, 0.3) is 0 Å². The summed E-state index contributed by atoms with van der Waals surface area (Å²) in [4.78, 5) is 4.58. The number of phenolic OH excluding ortho intramolecular Hbond substituents is 1. The molecule has 4 aromatic rings. The Morgan fingerprint density at radius 2 is 1.73 bits per heavy atom. The van der Waals surface area contributed by atoms with Crippen LogP contribution in [0.25, 0.3) is 10.9 Å². The second-order valence-electron chi connectivity index (χ2n) is 8.12. The van der Waals surface area contributed by atoms with Crippen LogP contribution in [0.4, 0.5) is 5.69 Å². The number of nitrogens with zero attached hydrogens (tertiary/aromatic N) is 1. The van der Waals surface area contributed by atoms with Crippen LogP contribution in [0.15, 0.2) is 79.0 Å². The highest BCUT2D eigenvalue weighted by Gasteiger charge is 2.07. The van der Waals surface area contributed by atoms with Crippen LogP contribution in [0.3, 0.4) is 0 Å². The second kappa shape index (κ2) is 11.3. The highest BCUT2D eigenvalue weighted by molar-refractivity contribution is 5.91. The molecule has 0 saturated carbocycles. The molecule has 0 atom stereocenters. The van der Waals surface area contributed by atoms with E-state index in [-0.39, 0.29) is 5.75 Å². The first-order valence-electron chi connectivity index (χ1n) is 11.5. The van der Waals surface area contributed by atoms with Gasteiger partial charge in [-0.1, -0.05) is 54.6 Å². The van der Waals surface area contributed by atoms with Crippen LogP contribution in [-0.4, -0.2) is 30.3 Å². The van der Waals surface area contributed by atoms with Crippen LogP contribution in [0, 0.1) is 0 Å². The minimum Gasteiger partial charge on any atom is -0.504 e. The minimum atomic E-state index is 0.206. The predicted molar refractivity (Wildman–Crippen MR) is 135 cm³/mol. The fraction of sp³-hybridized carbons (Fsp3) is 0.250. The van der Waals surface area contributed by atoms with Gasteiger partial charge in [0.1, 0.15) is 0 Å². The molecule has 0 aliphatic heterocycles. The first kappa shape index (κ1) is 22.6. The molecule has 170 valence electrons. The van der Waals surface area contributed by atoms with E-state index in [9.17, 15) is 5.11 Å². The van der Waals surface area contributed by atoms with E-state index in [1.807, 2.05) is 24.4 Å². The van der Waals surface area contributed by atoms with Gasteiger partial charge in [-0.05, 0) is 55.1 Å². The lowest BCUT2D eigenvalue weighted by molar-refractivity contribution is 0.369. The molecule has 0 fully saturated rings. The van der Waals surface area contributed by atoms with Crippen molar-refractivity contribution in [2.24, 2.45) is 0 Å². The van der Waals surface area contributed by atoms with E-state index in [1.165, 1.54) is 11.1 Å². The number of aromatic hydroxyl groups is 1. The van der Waals surface area contributed by atoms with Gasteiger partial charge in [-0.3, -0.25) is 4.98 Å². The maximum absolute atomic E-state index is 10.2. The van der Waals surface area contributed by atoms with Gasteiger partial charge in [-0.15, -0.1) is 0 Å². The Bertz CT molecular complexity index is 1180. The average Bonchev–Trinajstić information content (AvgIpc) is 2.86. The van der Waals surface area contributed by atoms with Crippen molar-refractivity contribution in [3.8, 4) is 11.5 Å². The Morgan fingerprint density at radius 3 is 2.58 bits per heavy atom. The second-order valence-corrected chi connectivity index (χ2v) is 8.12. The lowest BCUT2D eigenvalue weighted by Crippen LogP contribution is -2.17. The van der Waals surface area contributed by atoms with Crippen molar-refractivity contribution in [3.05, 3.63) is 95.7 Å². The van der Waals surface area contributed by atoms with Crippen LogP contribution < -0.4 is 15.4 Å². The molecule has 33 heavy (non-hydrogen) atoms. The number of aromatic nitrogens is 1. The molecule has 0 radical (unpaired) electrons. The summed E-state index contributed by atoms with van der Waals surface area (Å²) in [5.41, 5.74) is 5.64. The number of aryl methyl sites for hydroxylation is 2. The summed E-state index contributed by atoms with van der Waals surface area (Å²) in [7, 11) is 1.56. The lowest BCUT2D eigenvalue weighted by atomic mass is 10.0. The largest absolute Gasteiger partial charge is 0.504 e. The molecule has 0 unspecified atom stereocenters. The normalized spacial score (nSPS) is 10.9. The molecule has 1 heterocycles. The smallest absolute Gasteiger partial charge is 0.162 e. The van der Waals surface area contributed by atoms with Crippen LogP contribution in [0.1, 0.15) is 23.1 Å². The molecule has 0 amide bonds. The third kappa shape index (κ3) is 6.02. The number of rotatable bonds is 11. The Balaban J connectivity index is 1.26. The number of phenols is 1. The summed E-state index contributed by atoms with van der Waals surface area (Å²) < 4.78 is 5.16. The Hall–Kier alpha value is -3.57. The van der Waals surface area contributed by atoms with E-state index >= 15 is 0 Å². The number of pyridine rings is 1. The highest BCUT2D eigenvalue weighted by atomic mass is 16.5. The summed E-state index contributed by atoms with van der Waals surface area (Å²) in [6, 6.07) is 24.8. The highest BCUT2D eigenvalue weighted by Crippen LogP contribution is 2.29. The zero-order valence-corrected chi connectivity index (χ0v) is 19.1. The summed E-state index contributed by atoms with van der Waals surface area (Å²) in [5.74, 6) is 0.709. The molecule has 0 saturated heterocycles. The van der Waals surface area contributed by atoms with Gasteiger partial charge >= 0.3 is 0 Å². The molecule has 4 rings (SSSR count). The van der Waals surface area contributed by atoms with Gasteiger partial charge in [0.15, 0.2) is 11.5 Å². The van der Waals surface area contributed by atoms with Gasteiger partial charge in [0.2, 0.25) is 0 Å². The SMILES string of the molecule is COc1cccc(CNCCCNc2ccnc3cc(CCc4ccccc4)ccc23)c1O. The molecule has 0 bridgehead atoms. The van der Waals surface area contributed by atoms with Crippen molar-refractivity contribution in [1.29, 1.82) is 0 Å². The Kier molecular flexibility index (Phi) is 7.77. The predicted octanol–water partition coefficient (Wildman–Crippen LogP) is 5.33. The third-order valence-corrected chi connectivity index (χ3v) is 5.82. The quantitative estimate of drug-likeness (QED) is 0.275. The van der Waals surface area contributed by atoms with E-state index in [0.29, 0.717) is 12.3 Å². The number of hydrogen-bond donors (Lipinski definition) is 3. The van der Waals surface area contributed by atoms with Gasteiger partial charge < -0.3 is 20.5 Å². The van der Waals surface area contributed by atoms with Crippen molar-refractivity contribution in [1.82, 2.24) is 10.3 Å². The van der Waals surface area contributed by atoms with Crippen LogP contribution in [0.5, 0.6) is 11.5 Å². The molecular weight excluding hydrogens is 410 g/mol. The van der Waals surface area contributed by atoms with Crippen LogP contribution >= 0.6 is 0 Å². The molecule has 5 heteroatoms. The number of fused-ring (bicyclic) bond motifs is 1.